The maximum atomic E-state index is 13.8. The van der Waals surface area contributed by atoms with E-state index in [-0.39, 0.29) is 24.8 Å². The number of likely N-dealkylation sites (tertiary alicyclic amines) is 1. The number of hydrogen-bond acceptors (Lipinski definition) is 6. The summed E-state index contributed by atoms with van der Waals surface area (Å²) in [7, 11) is 0. The predicted molar refractivity (Wildman–Crippen MR) is 156 cm³/mol. The van der Waals surface area contributed by atoms with Crippen LogP contribution in [0, 0.1) is 19.8 Å². The summed E-state index contributed by atoms with van der Waals surface area (Å²) in [4.78, 5) is 41.2. The molecular formula is C31H32ClNO6S. The van der Waals surface area contributed by atoms with Crippen LogP contribution in [-0.2, 0) is 4.79 Å². The van der Waals surface area contributed by atoms with Gasteiger partial charge in [0.1, 0.15) is 11.5 Å². The number of thioether (sulfide) groups is 1. The van der Waals surface area contributed by atoms with Crippen molar-refractivity contribution in [1.82, 2.24) is 4.90 Å². The van der Waals surface area contributed by atoms with Crippen molar-refractivity contribution in [3.63, 3.8) is 0 Å². The number of halogens is 1. The number of rotatable bonds is 8. The van der Waals surface area contributed by atoms with Gasteiger partial charge in [-0.25, -0.2) is 9.59 Å². The molecule has 210 valence electrons. The second-order valence-electron chi connectivity index (χ2n) is 10.4. The summed E-state index contributed by atoms with van der Waals surface area (Å²) in [5.41, 5.74) is 1.55. The number of aryl methyl sites for hydroxylation is 2. The molecule has 1 amide bonds. The summed E-state index contributed by atoms with van der Waals surface area (Å²) in [5.74, 6) is -1.07. The van der Waals surface area contributed by atoms with Gasteiger partial charge in [0.25, 0.3) is 0 Å². The minimum Gasteiger partial charge on any atom is -0.478 e. The number of carboxylic acids is 1. The zero-order valence-corrected chi connectivity index (χ0v) is 24.6. The molecule has 1 saturated heterocycles. The van der Waals surface area contributed by atoms with Crippen LogP contribution in [0.25, 0.3) is 0 Å². The molecule has 3 aromatic rings. The Morgan fingerprint density at radius 1 is 0.975 bits per heavy atom. The number of Topliss-reactive ketones (excluding diaryl/α,β-unsaturated/α-hetero) is 1. The normalized spacial score (nSPS) is 17.0. The lowest BCUT2D eigenvalue weighted by Crippen LogP contribution is -2.38. The third-order valence-electron chi connectivity index (χ3n) is 7.09. The molecule has 0 spiro atoms. The number of carbonyl (C=O) groups excluding carboxylic acids is 2. The van der Waals surface area contributed by atoms with E-state index in [1.807, 2.05) is 56.5 Å². The van der Waals surface area contributed by atoms with Crippen molar-refractivity contribution in [2.24, 2.45) is 5.92 Å². The average molecular weight is 582 g/mol. The van der Waals surface area contributed by atoms with Gasteiger partial charge in [-0.3, -0.25) is 4.79 Å². The highest BCUT2D eigenvalue weighted by Gasteiger charge is 2.42. The van der Waals surface area contributed by atoms with Gasteiger partial charge in [0.15, 0.2) is 11.4 Å². The number of aliphatic carboxylic acids is 1. The smallest absolute Gasteiger partial charge is 0.415 e. The van der Waals surface area contributed by atoms with E-state index in [4.69, 9.17) is 21.1 Å². The molecule has 0 aliphatic carbocycles. The van der Waals surface area contributed by atoms with Gasteiger partial charge < -0.3 is 19.5 Å². The number of carboxylic acid groups (broad SMARTS) is 1. The largest absolute Gasteiger partial charge is 0.478 e. The molecule has 3 aromatic carbocycles. The Labute approximate surface area is 243 Å². The van der Waals surface area contributed by atoms with E-state index in [0.717, 1.165) is 21.6 Å². The van der Waals surface area contributed by atoms with Gasteiger partial charge in [-0.05, 0) is 87.0 Å². The maximum absolute atomic E-state index is 13.8. The number of ketones is 1. The molecule has 1 aliphatic heterocycles. The predicted octanol–water partition coefficient (Wildman–Crippen LogP) is 7.02. The van der Waals surface area contributed by atoms with Gasteiger partial charge in [0.2, 0.25) is 0 Å². The molecule has 1 aliphatic rings. The molecule has 1 N–H and O–H groups in total. The third-order valence-corrected chi connectivity index (χ3v) is 8.09. The fourth-order valence-electron chi connectivity index (χ4n) is 4.85. The molecule has 0 bridgehead atoms. The first-order valence-electron chi connectivity index (χ1n) is 12.8. The van der Waals surface area contributed by atoms with Crippen molar-refractivity contribution in [2.75, 3.05) is 19.3 Å². The molecule has 0 saturated carbocycles. The average Bonchev–Trinajstić information content (AvgIpc) is 3.37. The monoisotopic (exact) mass is 581 g/mol. The van der Waals surface area contributed by atoms with Crippen molar-refractivity contribution >= 4 is 41.2 Å². The lowest BCUT2D eigenvalue weighted by molar-refractivity contribution is -0.152. The van der Waals surface area contributed by atoms with Crippen LogP contribution in [0.15, 0.2) is 65.6 Å². The molecule has 40 heavy (non-hydrogen) atoms. The van der Waals surface area contributed by atoms with E-state index in [9.17, 15) is 19.5 Å². The number of hydrogen-bond donors (Lipinski definition) is 1. The van der Waals surface area contributed by atoms with Crippen LogP contribution in [0.1, 0.15) is 46.8 Å². The number of benzene rings is 3. The summed E-state index contributed by atoms with van der Waals surface area (Å²) in [5, 5.41) is 10.1. The highest BCUT2D eigenvalue weighted by molar-refractivity contribution is 7.98. The minimum absolute atomic E-state index is 0.0536. The van der Waals surface area contributed by atoms with Gasteiger partial charge in [0.05, 0.1) is 0 Å². The first kappa shape index (κ1) is 29.5. The summed E-state index contributed by atoms with van der Waals surface area (Å²) >= 11 is 7.55. The Bertz CT molecular complexity index is 1400. The Kier molecular flexibility index (Phi) is 8.80. The molecule has 2 atom stereocenters. The summed E-state index contributed by atoms with van der Waals surface area (Å²) in [6, 6.07) is 17.8. The number of nitrogens with zero attached hydrogens (tertiary/aromatic N) is 1. The molecule has 1 fully saturated rings. The van der Waals surface area contributed by atoms with Gasteiger partial charge in [-0.1, -0.05) is 35.9 Å². The van der Waals surface area contributed by atoms with Crippen LogP contribution in [0.3, 0.4) is 0 Å². The zero-order valence-electron chi connectivity index (χ0n) is 23.1. The highest BCUT2D eigenvalue weighted by Crippen LogP contribution is 2.39. The molecular weight excluding hydrogens is 550 g/mol. The van der Waals surface area contributed by atoms with Crippen molar-refractivity contribution in [2.45, 2.75) is 44.1 Å². The Balaban J connectivity index is 1.66. The van der Waals surface area contributed by atoms with E-state index in [1.54, 1.807) is 40.9 Å². The summed E-state index contributed by atoms with van der Waals surface area (Å²) in [6.07, 6.45) is 1.43. The molecule has 7 nitrogen and oxygen atoms in total. The van der Waals surface area contributed by atoms with E-state index < -0.39 is 23.6 Å². The van der Waals surface area contributed by atoms with E-state index >= 15 is 0 Å². The quantitative estimate of drug-likeness (QED) is 0.226. The number of amides is 1. The number of ether oxygens (including phenoxy) is 2. The van der Waals surface area contributed by atoms with Crippen LogP contribution in [0.5, 0.6) is 11.5 Å². The molecule has 0 aromatic heterocycles. The lowest BCUT2D eigenvalue weighted by Gasteiger charge is -2.26. The van der Waals surface area contributed by atoms with Gasteiger partial charge in [-0.2, -0.15) is 0 Å². The zero-order chi connectivity index (χ0) is 29.2. The topological polar surface area (TPSA) is 93.1 Å². The molecule has 1 heterocycles. The van der Waals surface area contributed by atoms with Gasteiger partial charge >= 0.3 is 12.1 Å². The van der Waals surface area contributed by atoms with Crippen molar-refractivity contribution in [3.8, 4) is 11.5 Å². The lowest BCUT2D eigenvalue weighted by atomic mass is 9.82. The molecule has 9 heteroatoms. The third kappa shape index (κ3) is 6.45. The summed E-state index contributed by atoms with van der Waals surface area (Å²) < 4.78 is 11.5. The van der Waals surface area contributed by atoms with E-state index in [1.165, 1.54) is 13.8 Å². The van der Waals surface area contributed by atoms with Crippen LogP contribution in [-0.4, -0.2) is 52.8 Å². The Hall–Kier alpha value is -3.49. The van der Waals surface area contributed by atoms with Crippen LogP contribution >= 0.6 is 23.4 Å². The van der Waals surface area contributed by atoms with E-state index in [2.05, 4.69) is 0 Å². The number of carbonyl (C=O) groups is 3. The Morgan fingerprint density at radius 2 is 1.57 bits per heavy atom. The molecule has 4 rings (SSSR count). The fraction of sp³-hybridized carbons (Fsp3) is 0.323. The van der Waals surface area contributed by atoms with Gasteiger partial charge in [0, 0.05) is 40.4 Å². The standard InChI is InChI=1S/C31H32ClNO6S/c1-18-14-21(15-19(2)28(18)39-31(3,4)29(35)36)25-16-33(30(37)38-23-10-8-22(32)9-11-23)17-26(25)27(34)20-6-12-24(40-5)13-7-20/h6-15,25-26H,16-17H2,1-5H3,(H,35,36)/t25-,26+/m0/s1. The first-order chi connectivity index (χ1) is 18.9. The van der Waals surface area contributed by atoms with Crippen molar-refractivity contribution in [1.29, 1.82) is 0 Å². The van der Waals surface area contributed by atoms with Gasteiger partial charge in [-0.15, -0.1) is 11.8 Å². The highest BCUT2D eigenvalue weighted by atomic mass is 35.5. The van der Waals surface area contributed by atoms with Crippen LogP contribution < -0.4 is 9.47 Å². The van der Waals surface area contributed by atoms with Crippen LogP contribution in [0.2, 0.25) is 5.02 Å². The van der Waals surface area contributed by atoms with Crippen molar-refractivity contribution in [3.05, 3.63) is 87.9 Å². The van der Waals surface area contributed by atoms with Crippen LogP contribution in [0.4, 0.5) is 4.79 Å². The second kappa shape index (κ2) is 11.9. The first-order valence-corrected chi connectivity index (χ1v) is 14.4. The fourth-order valence-corrected chi connectivity index (χ4v) is 5.39. The SMILES string of the molecule is CSc1ccc(C(=O)[C@@H]2CN(C(=O)Oc3ccc(Cl)cc3)C[C@H]2c2cc(C)c(OC(C)(C)C(=O)O)c(C)c2)cc1. The van der Waals surface area contributed by atoms with Crippen molar-refractivity contribution < 1.29 is 29.0 Å². The maximum Gasteiger partial charge on any atom is 0.415 e. The van der Waals surface area contributed by atoms with E-state index in [0.29, 0.717) is 22.1 Å². The molecule has 0 unspecified atom stereocenters. The minimum atomic E-state index is -1.41. The second-order valence-corrected chi connectivity index (χ2v) is 11.8. The Morgan fingerprint density at radius 3 is 2.12 bits per heavy atom. The molecule has 0 radical (unpaired) electrons. The summed E-state index contributed by atoms with van der Waals surface area (Å²) in [6.45, 7) is 7.18.